The minimum Gasteiger partial charge on any atom is -0.493 e. The number of aromatic nitrogens is 2. The molecule has 2 heterocycles. The molecule has 0 saturated carbocycles. The number of benzene rings is 2. The highest BCUT2D eigenvalue weighted by Crippen LogP contribution is 2.33. The Kier molecular flexibility index (Phi) is 7.34. The third-order valence-corrected chi connectivity index (χ3v) is 5.81. The fourth-order valence-corrected chi connectivity index (χ4v) is 4.01. The Bertz CT molecular complexity index is 1280. The Morgan fingerprint density at radius 3 is 2.62 bits per heavy atom. The summed E-state index contributed by atoms with van der Waals surface area (Å²) in [6, 6.07) is 13.5. The summed E-state index contributed by atoms with van der Waals surface area (Å²) in [5.41, 5.74) is 2.14. The molecule has 0 atom stereocenters. The molecule has 0 fully saturated rings. The lowest BCUT2D eigenvalue weighted by atomic mass is 10.2. The Morgan fingerprint density at radius 1 is 1.06 bits per heavy atom. The number of pyridine rings is 1. The first-order valence-electron chi connectivity index (χ1n) is 10.4. The van der Waals surface area contributed by atoms with E-state index in [2.05, 4.69) is 15.3 Å². The largest absolute Gasteiger partial charge is 0.493 e. The molecule has 4 rings (SSSR count). The molecule has 1 N–H and O–H groups in total. The molecule has 174 valence electrons. The van der Waals surface area contributed by atoms with Gasteiger partial charge in [0.1, 0.15) is 10.8 Å². The molecule has 4 aromatic rings. The third kappa shape index (κ3) is 5.68. The predicted molar refractivity (Wildman–Crippen MR) is 127 cm³/mol. The molecule has 0 aliphatic carbocycles. The van der Waals surface area contributed by atoms with Crippen LogP contribution in [-0.4, -0.2) is 30.1 Å². The van der Waals surface area contributed by atoms with E-state index in [9.17, 15) is 9.18 Å². The van der Waals surface area contributed by atoms with E-state index in [4.69, 9.17) is 14.2 Å². The van der Waals surface area contributed by atoms with Crippen LogP contribution in [0.3, 0.4) is 0 Å². The summed E-state index contributed by atoms with van der Waals surface area (Å²) < 4.78 is 30.5. The highest BCUT2D eigenvalue weighted by atomic mass is 32.1. The van der Waals surface area contributed by atoms with Crippen molar-refractivity contribution in [1.82, 2.24) is 15.3 Å². The second-order valence-electron chi connectivity index (χ2n) is 7.22. The molecular weight excluding hydrogens is 457 g/mol. The summed E-state index contributed by atoms with van der Waals surface area (Å²) in [6.07, 6.45) is 3.23. The molecular formula is C25H22FN3O4S. The molecule has 0 unspecified atom stereocenters. The number of ether oxygens (including phenoxy) is 3. The maximum Gasteiger partial charge on any atom is 0.226 e. The third-order valence-electron chi connectivity index (χ3n) is 4.87. The molecule has 0 radical (unpaired) electrons. The van der Waals surface area contributed by atoms with Crippen LogP contribution in [0.15, 0.2) is 66.3 Å². The van der Waals surface area contributed by atoms with Crippen molar-refractivity contribution in [3.05, 3.63) is 83.4 Å². The fourth-order valence-electron chi connectivity index (χ4n) is 3.19. The zero-order chi connectivity index (χ0) is 23.9. The van der Waals surface area contributed by atoms with E-state index < -0.39 is 5.82 Å². The number of halogens is 1. The van der Waals surface area contributed by atoms with Gasteiger partial charge >= 0.3 is 0 Å². The lowest BCUT2D eigenvalue weighted by Gasteiger charge is -2.09. The van der Waals surface area contributed by atoms with Gasteiger partial charge in [0.25, 0.3) is 0 Å². The number of methoxy groups -OCH3 is 2. The van der Waals surface area contributed by atoms with Crippen LogP contribution < -0.4 is 19.5 Å². The van der Waals surface area contributed by atoms with Crippen molar-refractivity contribution in [3.8, 4) is 33.6 Å². The smallest absolute Gasteiger partial charge is 0.226 e. The van der Waals surface area contributed by atoms with E-state index in [0.717, 1.165) is 10.6 Å². The molecule has 9 heteroatoms. The van der Waals surface area contributed by atoms with Gasteiger partial charge in [-0.3, -0.25) is 9.78 Å². The van der Waals surface area contributed by atoms with Crippen molar-refractivity contribution in [1.29, 1.82) is 0 Å². The minimum absolute atomic E-state index is 0.0910. The number of carbonyl (C=O) groups excluding carboxylic acids is 1. The van der Waals surface area contributed by atoms with E-state index in [-0.39, 0.29) is 24.6 Å². The SMILES string of the molecule is COc1ccc(-c2nc(CC(=O)NCc3ccc(Oc4cccnc4)c(F)c3)cs2)cc1OC. The molecule has 0 bridgehead atoms. The van der Waals surface area contributed by atoms with Crippen molar-refractivity contribution in [2.75, 3.05) is 14.2 Å². The zero-order valence-corrected chi connectivity index (χ0v) is 19.4. The Labute approximate surface area is 200 Å². The number of amides is 1. The summed E-state index contributed by atoms with van der Waals surface area (Å²) in [6.45, 7) is 0.190. The van der Waals surface area contributed by atoms with Crippen LogP contribution in [0.5, 0.6) is 23.0 Å². The summed E-state index contributed by atoms with van der Waals surface area (Å²) in [4.78, 5) is 20.9. The summed E-state index contributed by atoms with van der Waals surface area (Å²) in [7, 11) is 3.16. The van der Waals surface area contributed by atoms with Gasteiger partial charge in [-0.15, -0.1) is 11.3 Å². The van der Waals surface area contributed by atoms with Gasteiger partial charge in [0, 0.05) is 23.7 Å². The second kappa shape index (κ2) is 10.8. The molecule has 0 spiro atoms. The van der Waals surface area contributed by atoms with E-state index in [1.165, 1.54) is 29.7 Å². The second-order valence-corrected chi connectivity index (χ2v) is 8.08. The monoisotopic (exact) mass is 479 g/mol. The Balaban J connectivity index is 1.33. The summed E-state index contributed by atoms with van der Waals surface area (Å²) in [5, 5.41) is 5.41. The van der Waals surface area contributed by atoms with Crippen LogP contribution >= 0.6 is 11.3 Å². The molecule has 2 aromatic heterocycles. The van der Waals surface area contributed by atoms with Gasteiger partial charge in [-0.1, -0.05) is 6.07 Å². The van der Waals surface area contributed by atoms with Crippen LogP contribution in [-0.2, 0) is 17.8 Å². The number of carbonyl (C=O) groups is 1. The van der Waals surface area contributed by atoms with Gasteiger partial charge < -0.3 is 19.5 Å². The number of thiazole rings is 1. The molecule has 0 aliphatic heterocycles. The van der Waals surface area contributed by atoms with Crippen LogP contribution in [0, 0.1) is 5.82 Å². The van der Waals surface area contributed by atoms with E-state index in [1.807, 2.05) is 23.6 Å². The molecule has 0 saturated heterocycles. The minimum atomic E-state index is -0.519. The predicted octanol–water partition coefficient (Wildman–Crippen LogP) is 5.01. The number of nitrogens with zero attached hydrogens (tertiary/aromatic N) is 2. The van der Waals surface area contributed by atoms with Crippen molar-refractivity contribution in [2.45, 2.75) is 13.0 Å². The van der Waals surface area contributed by atoms with Gasteiger partial charge in [0.05, 0.1) is 32.5 Å². The number of hydrogen-bond donors (Lipinski definition) is 1. The fraction of sp³-hybridized carbons (Fsp3) is 0.160. The molecule has 1 amide bonds. The van der Waals surface area contributed by atoms with Gasteiger partial charge in [-0.2, -0.15) is 0 Å². The molecule has 0 aliphatic rings. The average molecular weight is 480 g/mol. The average Bonchev–Trinajstić information content (AvgIpc) is 3.32. The highest BCUT2D eigenvalue weighted by Gasteiger charge is 2.12. The van der Waals surface area contributed by atoms with Crippen molar-refractivity contribution in [2.24, 2.45) is 0 Å². The Hall–Kier alpha value is -3.98. The lowest BCUT2D eigenvalue weighted by molar-refractivity contribution is -0.120. The maximum absolute atomic E-state index is 14.4. The van der Waals surface area contributed by atoms with Crippen molar-refractivity contribution >= 4 is 17.2 Å². The van der Waals surface area contributed by atoms with Gasteiger partial charge in [0.15, 0.2) is 23.1 Å². The highest BCUT2D eigenvalue weighted by molar-refractivity contribution is 7.13. The molecule has 34 heavy (non-hydrogen) atoms. The number of hydrogen-bond acceptors (Lipinski definition) is 7. The van der Waals surface area contributed by atoms with Crippen molar-refractivity contribution in [3.63, 3.8) is 0 Å². The normalized spacial score (nSPS) is 10.6. The topological polar surface area (TPSA) is 82.6 Å². The maximum atomic E-state index is 14.4. The van der Waals surface area contributed by atoms with Crippen LogP contribution in [0.1, 0.15) is 11.3 Å². The molecule has 2 aromatic carbocycles. The van der Waals surface area contributed by atoms with Gasteiger partial charge in [-0.25, -0.2) is 9.37 Å². The van der Waals surface area contributed by atoms with E-state index in [1.54, 1.807) is 38.6 Å². The van der Waals surface area contributed by atoms with Gasteiger partial charge in [-0.05, 0) is 48.0 Å². The van der Waals surface area contributed by atoms with Crippen molar-refractivity contribution < 1.29 is 23.4 Å². The number of nitrogens with one attached hydrogen (secondary N) is 1. The zero-order valence-electron chi connectivity index (χ0n) is 18.6. The van der Waals surface area contributed by atoms with Crippen LogP contribution in [0.25, 0.3) is 10.6 Å². The lowest BCUT2D eigenvalue weighted by Crippen LogP contribution is -2.24. The number of rotatable bonds is 9. The molecule has 7 nitrogen and oxygen atoms in total. The van der Waals surface area contributed by atoms with Crippen LogP contribution in [0.2, 0.25) is 0 Å². The quantitative estimate of drug-likeness (QED) is 0.363. The summed E-state index contributed by atoms with van der Waals surface area (Å²) >= 11 is 1.44. The first-order chi connectivity index (χ1) is 16.6. The van der Waals surface area contributed by atoms with Gasteiger partial charge in [0.2, 0.25) is 5.91 Å². The first kappa shape index (κ1) is 23.2. The first-order valence-corrected chi connectivity index (χ1v) is 11.2. The van der Waals surface area contributed by atoms with E-state index >= 15 is 0 Å². The summed E-state index contributed by atoms with van der Waals surface area (Å²) in [5.74, 6) is 1.05. The van der Waals surface area contributed by atoms with E-state index in [0.29, 0.717) is 28.5 Å². The van der Waals surface area contributed by atoms with Crippen LogP contribution in [0.4, 0.5) is 4.39 Å². The Morgan fingerprint density at radius 2 is 1.88 bits per heavy atom. The standard InChI is InChI=1S/C25H22FN3O4S/c1-31-22-8-6-17(11-23(22)32-2)25-29-18(15-34-25)12-24(30)28-13-16-5-7-21(20(26)10-16)33-19-4-3-9-27-14-19/h3-11,14-15H,12-13H2,1-2H3,(H,28,30).